The molecule has 2 heterocycles. The van der Waals surface area contributed by atoms with Crippen molar-refractivity contribution in [3.63, 3.8) is 0 Å². The summed E-state index contributed by atoms with van der Waals surface area (Å²) in [5.74, 6) is 0.344. The number of nitro benzene ring substituents is 1. The van der Waals surface area contributed by atoms with Crippen molar-refractivity contribution in [2.75, 3.05) is 30.4 Å². The molecule has 0 saturated carbocycles. The zero-order valence-corrected chi connectivity index (χ0v) is 20.7. The van der Waals surface area contributed by atoms with Crippen molar-refractivity contribution >= 4 is 51.4 Å². The van der Waals surface area contributed by atoms with Crippen LogP contribution in [0.4, 0.5) is 17.1 Å². The van der Waals surface area contributed by atoms with E-state index in [1.807, 2.05) is 29.2 Å². The Morgan fingerprint density at radius 3 is 2.65 bits per heavy atom. The Morgan fingerprint density at radius 1 is 1.14 bits per heavy atom. The second-order valence-corrected chi connectivity index (χ2v) is 8.87. The number of nitrogens with one attached hydrogen (secondary N) is 2. The third-order valence-corrected chi connectivity index (χ3v) is 6.30. The lowest BCUT2D eigenvalue weighted by molar-refractivity contribution is -0.384. The van der Waals surface area contributed by atoms with Gasteiger partial charge in [-0.25, -0.2) is 4.98 Å². The van der Waals surface area contributed by atoms with Crippen molar-refractivity contribution in [3.05, 3.63) is 76.3 Å². The van der Waals surface area contributed by atoms with E-state index >= 15 is 0 Å². The van der Waals surface area contributed by atoms with Crippen molar-refractivity contribution in [3.8, 4) is 17.2 Å². The van der Waals surface area contributed by atoms with Gasteiger partial charge in [0, 0.05) is 30.3 Å². The van der Waals surface area contributed by atoms with Gasteiger partial charge in [0.2, 0.25) is 5.89 Å². The minimum absolute atomic E-state index is 0.00397. The Morgan fingerprint density at radius 2 is 1.92 bits per heavy atom. The van der Waals surface area contributed by atoms with Crippen LogP contribution < -0.4 is 20.3 Å². The highest BCUT2D eigenvalue weighted by molar-refractivity contribution is 7.80. The Hall–Kier alpha value is -4.51. The number of fused-ring (bicyclic) bond motifs is 1. The fraction of sp³-hybridized carbons (Fsp3) is 0.192. The molecule has 1 amide bonds. The minimum Gasteiger partial charge on any atom is -0.495 e. The molecular formula is C26H23N5O5S. The van der Waals surface area contributed by atoms with Crippen LogP contribution in [0.3, 0.4) is 0 Å². The van der Waals surface area contributed by atoms with Crippen LogP contribution in [0.15, 0.2) is 65.1 Å². The molecule has 1 aliphatic rings. The highest BCUT2D eigenvalue weighted by Gasteiger charge is 2.24. The third-order valence-electron chi connectivity index (χ3n) is 6.10. The van der Waals surface area contributed by atoms with Gasteiger partial charge >= 0.3 is 0 Å². The number of carbonyl (C=O) groups excluding carboxylic acids is 1. The van der Waals surface area contributed by atoms with Gasteiger partial charge in [-0.15, -0.1) is 0 Å². The van der Waals surface area contributed by atoms with E-state index < -0.39 is 10.8 Å². The SMILES string of the molecule is COc1ccc(-c2nc3ccccc3o2)cc1NC(=S)NC(=O)c1ccc(N2CCCC2)c([N+](=O)[O-])c1. The lowest BCUT2D eigenvalue weighted by Crippen LogP contribution is -2.34. The number of ether oxygens (including phenoxy) is 1. The maximum atomic E-state index is 12.9. The number of nitro groups is 1. The van der Waals surface area contributed by atoms with Crippen LogP contribution in [-0.4, -0.2) is 41.1 Å². The molecule has 1 fully saturated rings. The molecule has 0 bridgehead atoms. The number of para-hydroxylation sites is 2. The van der Waals surface area contributed by atoms with Gasteiger partial charge in [0.05, 0.1) is 17.7 Å². The van der Waals surface area contributed by atoms with E-state index in [4.69, 9.17) is 21.4 Å². The Bertz CT molecular complexity index is 1480. The predicted octanol–water partition coefficient (Wildman–Crippen LogP) is 5.14. The molecule has 1 aromatic heterocycles. The van der Waals surface area contributed by atoms with Crippen LogP contribution in [0, 0.1) is 10.1 Å². The largest absolute Gasteiger partial charge is 0.495 e. The summed E-state index contributed by atoms with van der Waals surface area (Å²) in [4.78, 5) is 30.5. The van der Waals surface area contributed by atoms with Gasteiger partial charge in [-0.2, -0.15) is 0 Å². The number of aromatic nitrogens is 1. The van der Waals surface area contributed by atoms with Crippen LogP contribution in [0.1, 0.15) is 23.2 Å². The molecule has 3 aromatic carbocycles. The van der Waals surface area contributed by atoms with Gasteiger partial charge < -0.3 is 19.4 Å². The molecule has 1 aliphatic heterocycles. The molecule has 5 rings (SSSR count). The summed E-state index contributed by atoms with van der Waals surface area (Å²) in [6.45, 7) is 1.51. The molecule has 10 nitrogen and oxygen atoms in total. The predicted molar refractivity (Wildman–Crippen MR) is 144 cm³/mol. The maximum Gasteiger partial charge on any atom is 0.293 e. The summed E-state index contributed by atoms with van der Waals surface area (Å²) in [7, 11) is 1.52. The first kappa shape index (κ1) is 24.2. The lowest BCUT2D eigenvalue weighted by atomic mass is 10.1. The molecule has 11 heteroatoms. The summed E-state index contributed by atoms with van der Waals surface area (Å²) >= 11 is 5.35. The number of hydrogen-bond donors (Lipinski definition) is 2. The van der Waals surface area contributed by atoms with E-state index in [1.54, 1.807) is 30.3 Å². The fourth-order valence-corrected chi connectivity index (χ4v) is 4.50. The van der Waals surface area contributed by atoms with E-state index in [2.05, 4.69) is 15.6 Å². The van der Waals surface area contributed by atoms with E-state index in [1.165, 1.54) is 13.2 Å². The average Bonchev–Trinajstić information content (AvgIpc) is 3.58. The van der Waals surface area contributed by atoms with Gasteiger partial charge in [-0.05, 0) is 67.5 Å². The standard InChI is InChI=1S/C26H23N5O5S/c1-35-22-11-9-17(25-27-18-6-2-3-7-23(18)36-25)14-19(22)28-26(37)29-24(32)16-8-10-20(21(15-16)31(33)34)30-12-4-5-13-30/h2-3,6-11,14-15H,4-5,12-13H2,1H3,(H2,28,29,32,37). The molecular weight excluding hydrogens is 494 g/mol. The molecule has 0 unspecified atom stereocenters. The van der Waals surface area contributed by atoms with E-state index in [0.29, 0.717) is 34.2 Å². The van der Waals surface area contributed by atoms with Crippen LogP contribution in [0.2, 0.25) is 0 Å². The number of anilines is 2. The number of rotatable bonds is 6. The van der Waals surface area contributed by atoms with Crippen molar-refractivity contribution in [2.45, 2.75) is 12.8 Å². The summed E-state index contributed by atoms with van der Waals surface area (Å²) < 4.78 is 11.3. The van der Waals surface area contributed by atoms with Crippen LogP contribution >= 0.6 is 12.2 Å². The third kappa shape index (κ3) is 5.07. The number of methoxy groups -OCH3 is 1. The smallest absolute Gasteiger partial charge is 0.293 e. The monoisotopic (exact) mass is 517 g/mol. The van der Waals surface area contributed by atoms with E-state index in [9.17, 15) is 14.9 Å². The number of hydrogen-bond acceptors (Lipinski definition) is 8. The fourth-order valence-electron chi connectivity index (χ4n) is 4.30. The molecule has 0 radical (unpaired) electrons. The lowest BCUT2D eigenvalue weighted by Gasteiger charge is -2.18. The van der Waals surface area contributed by atoms with Gasteiger partial charge in [-0.3, -0.25) is 20.2 Å². The van der Waals surface area contributed by atoms with Crippen molar-refractivity contribution in [1.82, 2.24) is 10.3 Å². The number of thiocarbonyl (C=S) groups is 1. The zero-order valence-electron chi connectivity index (χ0n) is 19.9. The summed E-state index contributed by atoms with van der Waals surface area (Å²) in [6.07, 6.45) is 1.97. The summed E-state index contributed by atoms with van der Waals surface area (Å²) in [5, 5.41) is 17.2. The Kier molecular flexibility index (Phi) is 6.69. The van der Waals surface area contributed by atoms with Crippen LogP contribution in [0.25, 0.3) is 22.6 Å². The first-order chi connectivity index (χ1) is 17.9. The highest BCUT2D eigenvalue weighted by atomic mass is 32.1. The molecule has 1 saturated heterocycles. The quantitative estimate of drug-likeness (QED) is 0.203. The van der Waals surface area contributed by atoms with Gasteiger partial charge in [0.25, 0.3) is 11.6 Å². The van der Waals surface area contributed by atoms with Crippen molar-refractivity contribution in [1.29, 1.82) is 0 Å². The highest BCUT2D eigenvalue weighted by Crippen LogP contribution is 2.33. The van der Waals surface area contributed by atoms with Crippen molar-refractivity contribution in [2.24, 2.45) is 0 Å². The second-order valence-electron chi connectivity index (χ2n) is 8.46. The second kappa shape index (κ2) is 10.2. The number of amides is 1. The molecule has 37 heavy (non-hydrogen) atoms. The number of carbonyl (C=O) groups is 1. The normalized spacial score (nSPS) is 12.9. The minimum atomic E-state index is -0.567. The zero-order chi connectivity index (χ0) is 25.9. The first-order valence-electron chi connectivity index (χ1n) is 11.6. The molecule has 2 N–H and O–H groups in total. The Labute approximate surface area is 217 Å². The van der Waals surface area contributed by atoms with Crippen molar-refractivity contribution < 1.29 is 18.9 Å². The number of benzene rings is 3. The molecule has 0 aliphatic carbocycles. The van der Waals surface area contributed by atoms with Crippen LogP contribution in [-0.2, 0) is 0 Å². The maximum absolute atomic E-state index is 12.9. The Balaban J connectivity index is 1.34. The van der Waals surface area contributed by atoms with Gasteiger partial charge in [-0.1, -0.05) is 12.1 Å². The topological polar surface area (TPSA) is 123 Å². The van der Waals surface area contributed by atoms with Gasteiger partial charge in [0.15, 0.2) is 10.7 Å². The number of nitrogens with zero attached hydrogens (tertiary/aromatic N) is 3. The van der Waals surface area contributed by atoms with Crippen LogP contribution in [0.5, 0.6) is 5.75 Å². The van der Waals surface area contributed by atoms with Gasteiger partial charge in [0.1, 0.15) is 17.0 Å². The number of oxazole rings is 1. The molecule has 188 valence electrons. The average molecular weight is 518 g/mol. The van der Waals surface area contributed by atoms with E-state index in [-0.39, 0.29) is 16.4 Å². The molecule has 0 spiro atoms. The molecule has 4 aromatic rings. The van der Waals surface area contributed by atoms with E-state index in [0.717, 1.165) is 31.4 Å². The molecule has 0 atom stereocenters. The first-order valence-corrected chi connectivity index (χ1v) is 12.0. The summed E-state index contributed by atoms with van der Waals surface area (Å²) in [5.41, 5.74) is 3.10. The summed E-state index contributed by atoms with van der Waals surface area (Å²) in [6, 6.07) is 17.2.